The van der Waals surface area contributed by atoms with Crippen LogP contribution in [0.25, 0.3) is 11.0 Å². The molecule has 1 aliphatic rings. The number of carbonyl (C=O) groups excluding carboxylic acids is 1. The third kappa shape index (κ3) is 4.54. The van der Waals surface area contributed by atoms with E-state index in [1.165, 1.54) is 18.5 Å². The molecule has 0 radical (unpaired) electrons. The Bertz CT molecular complexity index is 1570. The summed E-state index contributed by atoms with van der Waals surface area (Å²) in [5.74, 6) is 4.47. The van der Waals surface area contributed by atoms with Crippen LogP contribution in [0.15, 0.2) is 42.7 Å². The van der Waals surface area contributed by atoms with Gasteiger partial charge < -0.3 is 11.1 Å². The van der Waals surface area contributed by atoms with Gasteiger partial charge in [-0.05, 0) is 43.5 Å². The van der Waals surface area contributed by atoms with Gasteiger partial charge in [-0.2, -0.15) is 10.2 Å². The van der Waals surface area contributed by atoms with Crippen LogP contribution in [-0.2, 0) is 11.4 Å². The summed E-state index contributed by atoms with van der Waals surface area (Å²) in [6, 6.07) is 7.77. The number of nitrogens with two attached hydrogens (primary N) is 1. The summed E-state index contributed by atoms with van der Waals surface area (Å²) in [7, 11) is 0. The molecule has 4 aromatic rings. The molecule has 1 atom stereocenters. The first-order valence-electron chi connectivity index (χ1n) is 11.6. The number of benzene rings is 2. The molecule has 1 aliphatic heterocycles. The second kappa shape index (κ2) is 9.83. The maximum Gasteiger partial charge on any atom is 0.346 e. The van der Waals surface area contributed by atoms with E-state index in [1.807, 2.05) is 19.9 Å². The maximum atomic E-state index is 14.4. The minimum Gasteiger partial charge on any atom is -0.383 e. The standard InChI is InChI=1S/C26H23F2N7O2/c1-3-34-25-22(24(29)30-14-31-25)20(33-34)10-8-16-13-17(9-7-15(16)2)32-26(36)35-21(11-12-37-35)18-5-4-6-19(27)23(18)28/h4-7,9,13-14,21H,3,11-12H2,1-2H3,(H,32,36)(H2,29,30,31)/t21-/m1/s1. The summed E-state index contributed by atoms with van der Waals surface area (Å²) in [5, 5.41) is 8.87. The zero-order valence-corrected chi connectivity index (χ0v) is 20.1. The number of fused-ring (bicyclic) bond motifs is 1. The van der Waals surface area contributed by atoms with Gasteiger partial charge in [-0.25, -0.2) is 28.2 Å². The molecule has 1 saturated heterocycles. The van der Waals surface area contributed by atoms with E-state index < -0.39 is 23.7 Å². The van der Waals surface area contributed by atoms with Gasteiger partial charge in [0.1, 0.15) is 17.8 Å². The smallest absolute Gasteiger partial charge is 0.346 e. The van der Waals surface area contributed by atoms with E-state index in [-0.39, 0.29) is 12.2 Å². The van der Waals surface area contributed by atoms with Gasteiger partial charge in [0, 0.05) is 29.8 Å². The second-order valence-corrected chi connectivity index (χ2v) is 8.44. The zero-order chi connectivity index (χ0) is 26.1. The van der Waals surface area contributed by atoms with Gasteiger partial charge in [-0.15, -0.1) is 0 Å². The fourth-order valence-electron chi connectivity index (χ4n) is 4.21. The van der Waals surface area contributed by atoms with Crippen LogP contribution in [0, 0.1) is 30.4 Å². The van der Waals surface area contributed by atoms with Crippen LogP contribution in [0.5, 0.6) is 0 Å². The van der Waals surface area contributed by atoms with Crippen molar-refractivity contribution in [2.75, 3.05) is 17.7 Å². The number of nitrogens with zero attached hydrogens (tertiary/aromatic N) is 5. The van der Waals surface area contributed by atoms with Crippen molar-refractivity contribution in [3.05, 3.63) is 76.7 Å². The Morgan fingerprint density at radius 3 is 2.89 bits per heavy atom. The number of aromatic nitrogens is 4. The molecule has 3 N–H and O–H groups in total. The molecule has 0 aliphatic carbocycles. The van der Waals surface area contributed by atoms with Crippen LogP contribution in [0.1, 0.15) is 41.8 Å². The SMILES string of the molecule is CCn1nc(C#Cc2cc(NC(=O)N3OCC[C@@H]3c3cccc(F)c3F)ccc2C)c2c(N)ncnc21. The number of hydroxylamine groups is 2. The molecular formula is C26H23F2N7O2. The quantitative estimate of drug-likeness (QED) is 0.403. The number of aryl methyl sites for hydroxylation is 2. The Hall–Kier alpha value is -4.56. The number of nitrogens with one attached hydrogen (secondary N) is 1. The Kier molecular flexibility index (Phi) is 6.42. The average Bonchev–Trinajstić information content (AvgIpc) is 3.52. The molecule has 0 spiro atoms. The van der Waals surface area contributed by atoms with E-state index in [0.29, 0.717) is 46.8 Å². The number of hydrogen-bond acceptors (Lipinski definition) is 6. The lowest BCUT2D eigenvalue weighted by Crippen LogP contribution is -2.34. The molecule has 3 heterocycles. The summed E-state index contributed by atoms with van der Waals surface area (Å²) in [6.45, 7) is 4.62. The van der Waals surface area contributed by atoms with Gasteiger partial charge in [-0.3, -0.25) is 4.84 Å². The Labute approximate surface area is 211 Å². The fourth-order valence-corrected chi connectivity index (χ4v) is 4.21. The van der Waals surface area contributed by atoms with Gasteiger partial charge in [0.05, 0.1) is 18.0 Å². The molecule has 1 fully saturated rings. The van der Waals surface area contributed by atoms with Gasteiger partial charge in [0.2, 0.25) is 0 Å². The van der Waals surface area contributed by atoms with Crippen LogP contribution >= 0.6 is 0 Å². The number of halogens is 2. The predicted molar refractivity (Wildman–Crippen MR) is 133 cm³/mol. The first-order valence-corrected chi connectivity index (χ1v) is 11.6. The van der Waals surface area contributed by atoms with Crippen LogP contribution < -0.4 is 11.1 Å². The van der Waals surface area contributed by atoms with Crippen LogP contribution in [0.4, 0.5) is 25.1 Å². The minimum atomic E-state index is -0.993. The average molecular weight is 504 g/mol. The highest BCUT2D eigenvalue weighted by Gasteiger charge is 2.34. The van der Waals surface area contributed by atoms with E-state index in [0.717, 1.165) is 16.7 Å². The monoisotopic (exact) mass is 503 g/mol. The molecule has 188 valence electrons. The third-order valence-corrected chi connectivity index (χ3v) is 6.11. The largest absolute Gasteiger partial charge is 0.383 e. The van der Waals surface area contributed by atoms with Crippen molar-refractivity contribution >= 4 is 28.6 Å². The number of nitrogen functional groups attached to an aromatic ring is 1. The lowest BCUT2D eigenvalue weighted by molar-refractivity contribution is -0.0835. The molecule has 0 saturated carbocycles. The van der Waals surface area contributed by atoms with Crippen LogP contribution in [-0.4, -0.2) is 37.4 Å². The van der Waals surface area contributed by atoms with Crippen molar-refractivity contribution in [3.8, 4) is 11.8 Å². The molecule has 2 aromatic carbocycles. The summed E-state index contributed by atoms with van der Waals surface area (Å²) in [4.78, 5) is 26.7. The predicted octanol–water partition coefficient (Wildman–Crippen LogP) is 4.33. The Balaban J connectivity index is 1.40. The first-order chi connectivity index (χ1) is 17.9. The van der Waals surface area contributed by atoms with Crippen LogP contribution in [0.3, 0.4) is 0 Å². The summed E-state index contributed by atoms with van der Waals surface area (Å²) < 4.78 is 29.8. The van der Waals surface area contributed by atoms with Crippen molar-refractivity contribution < 1.29 is 18.4 Å². The fraction of sp³-hybridized carbons (Fsp3) is 0.231. The lowest BCUT2D eigenvalue weighted by atomic mass is 10.0. The highest BCUT2D eigenvalue weighted by Crippen LogP contribution is 2.33. The van der Waals surface area contributed by atoms with Crippen molar-refractivity contribution in [2.45, 2.75) is 32.9 Å². The van der Waals surface area contributed by atoms with Crippen molar-refractivity contribution in [1.29, 1.82) is 0 Å². The molecule has 9 nitrogen and oxygen atoms in total. The molecule has 0 bridgehead atoms. The van der Waals surface area contributed by atoms with E-state index in [4.69, 9.17) is 10.6 Å². The Morgan fingerprint density at radius 1 is 1.24 bits per heavy atom. The topological polar surface area (TPSA) is 111 Å². The highest BCUT2D eigenvalue weighted by atomic mass is 19.2. The normalized spacial score (nSPS) is 15.0. The van der Waals surface area contributed by atoms with E-state index in [2.05, 4.69) is 32.2 Å². The van der Waals surface area contributed by atoms with Crippen molar-refractivity contribution in [3.63, 3.8) is 0 Å². The van der Waals surface area contributed by atoms with Crippen molar-refractivity contribution in [1.82, 2.24) is 24.8 Å². The highest BCUT2D eigenvalue weighted by molar-refractivity contribution is 5.91. The number of urea groups is 1. The molecular weight excluding hydrogens is 480 g/mol. The maximum absolute atomic E-state index is 14.4. The zero-order valence-electron chi connectivity index (χ0n) is 20.1. The minimum absolute atomic E-state index is 0.0603. The second-order valence-electron chi connectivity index (χ2n) is 8.44. The number of anilines is 2. The third-order valence-electron chi connectivity index (χ3n) is 6.11. The number of hydrogen-bond donors (Lipinski definition) is 2. The first kappa shape index (κ1) is 24.1. The van der Waals surface area contributed by atoms with Gasteiger partial charge >= 0.3 is 6.03 Å². The van der Waals surface area contributed by atoms with E-state index >= 15 is 0 Å². The summed E-state index contributed by atoms with van der Waals surface area (Å²) >= 11 is 0. The molecule has 37 heavy (non-hydrogen) atoms. The van der Waals surface area contributed by atoms with Crippen LogP contribution in [0.2, 0.25) is 0 Å². The molecule has 11 heteroatoms. The summed E-state index contributed by atoms with van der Waals surface area (Å²) in [5.41, 5.74) is 9.16. The molecule has 0 unspecified atom stereocenters. The van der Waals surface area contributed by atoms with Gasteiger partial charge in [0.15, 0.2) is 17.3 Å². The Morgan fingerprint density at radius 2 is 2.08 bits per heavy atom. The molecule has 2 amide bonds. The summed E-state index contributed by atoms with van der Waals surface area (Å²) in [6.07, 6.45) is 1.72. The number of amides is 2. The number of rotatable bonds is 3. The molecule has 2 aromatic heterocycles. The van der Waals surface area contributed by atoms with E-state index in [1.54, 1.807) is 16.8 Å². The van der Waals surface area contributed by atoms with Crippen molar-refractivity contribution in [2.24, 2.45) is 0 Å². The molecule has 5 rings (SSSR count). The van der Waals surface area contributed by atoms with Gasteiger partial charge in [0.25, 0.3) is 0 Å². The van der Waals surface area contributed by atoms with E-state index in [9.17, 15) is 13.6 Å². The number of carbonyl (C=O) groups is 1. The van der Waals surface area contributed by atoms with Gasteiger partial charge in [-0.1, -0.05) is 24.1 Å². The lowest BCUT2D eigenvalue weighted by Gasteiger charge is -2.23.